The molecule has 0 saturated heterocycles. The average molecular weight is 280 g/mol. The minimum absolute atomic E-state index is 0.00414. The standard InChI is InChI=1S/C11H15ClFNO2S/c1-3-14(7-6-12)17(15,16)11-8-10(13)5-4-9(11)2/h4-5,8H,3,6-7H2,1-2H3. The Morgan fingerprint density at radius 2 is 2.06 bits per heavy atom. The largest absolute Gasteiger partial charge is 0.243 e. The van der Waals surface area contributed by atoms with Crippen LogP contribution in [0.4, 0.5) is 4.39 Å². The fraction of sp³-hybridized carbons (Fsp3) is 0.455. The van der Waals surface area contributed by atoms with E-state index in [0.29, 0.717) is 12.1 Å². The van der Waals surface area contributed by atoms with E-state index in [4.69, 9.17) is 11.6 Å². The maximum atomic E-state index is 13.1. The highest BCUT2D eigenvalue weighted by Crippen LogP contribution is 2.20. The first-order chi connectivity index (χ1) is 7.93. The Kier molecular flexibility index (Phi) is 4.91. The van der Waals surface area contributed by atoms with Crippen molar-refractivity contribution in [1.29, 1.82) is 0 Å². The van der Waals surface area contributed by atoms with Gasteiger partial charge in [-0.25, -0.2) is 12.8 Å². The molecule has 6 heteroatoms. The predicted octanol–water partition coefficient (Wildman–Crippen LogP) is 2.38. The molecular weight excluding hydrogens is 265 g/mol. The second-order valence-corrected chi connectivity index (χ2v) is 5.88. The first-order valence-corrected chi connectivity index (χ1v) is 7.23. The summed E-state index contributed by atoms with van der Waals surface area (Å²) in [6.45, 7) is 3.89. The van der Waals surface area contributed by atoms with Crippen molar-refractivity contribution in [2.24, 2.45) is 0 Å². The van der Waals surface area contributed by atoms with E-state index in [1.165, 1.54) is 16.4 Å². The molecule has 0 spiro atoms. The second kappa shape index (κ2) is 5.80. The Hall–Kier alpha value is -0.650. The zero-order valence-corrected chi connectivity index (χ0v) is 11.4. The minimum atomic E-state index is -3.66. The molecule has 96 valence electrons. The lowest BCUT2D eigenvalue weighted by Gasteiger charge is -2.20. The summed E-state index contributed by atoms with van der Waals surface area (Å²) in [4.78, 5) is 0.00414. The summed E-state index contributed by atoms with van der Waals surface area (Å²) in [5.41, 5.74) is 0.527. The van der Waals surface area contributed by atoms with E-state index in [1.807, 2.05) is 0 Å². The Morgan fingerprint density at radius 3 is 2.59 bits per heavy atom. The molecule has 1 aromatic carbocycles. The van der Waals surface area contributed by atoms with E-state index >= 15 is 0 Å². The maximum absolute atomic E-state index is 13.1. The van der Waals surface area contributed by atoms with Gasteiger partial charge in [0, 0.05) is 19.0 Å². The third-order valence-corrected chi connectivity index (χ3v) is 4.74. The quantitative estimate of drug-likeness (QED) is 0.776. The molecule has 0 unspecified atom stereocenters. The average Bonchev–Trinajstić information content (AvgIpc) is 2.28. The molecule has 0 bridgehead atoms. The van der Waals surface area contributed by atoms with E-state index in [0.717, 1.165) is 6.07 Å². The Labute approximate surface area is 106 Å². The van der Waals surface area contributed by atoms with Gasteiger partial charge in [0.15, 0.2) is 0 Å². The molecule has 1 aromatic rings. The smallest absolute Gasteiger partial charge is 0.207 e. The lowest BCUT2D eigenvalue weighted by atomic mass is 10.2. The number of alkyl halides is 1. The topological polar surface area (TPSA) is 37.4 Å². The molecule has 0 heterocycles. The number of hydrogen-bond acceptors (Lipinski definition) is 2. The molecule has 0 aliphatic heterocycles. The van der Waals surface area contributed by atoms with Gasteiger partial charge >= 0.3 is 0 Å². The molecule has 3 nitrogen and oxygen atoms in total. The fourth-order valence-electron chi connectivity index (χ4n) is 1.53. The number of hydrogen-bond donors (Lipinski definition) is 0. The maximum Gasteiger partial charge on any atom is 0.243 e. The van der Waals surface area contributed by atoms with Crippen molar-refractivity contribution in [2.75, 3.05) is 19.0 Å². The zero-order chi connectivity index (χ0) is 13.1. The molecule has 0 aliphatic rings. The molecule has 17 heavy (non-hydrogen) atoms. The third-order valence-electron chi connectivity index (χ3n) is 2.45. The van der Waals surface area contributed by atoms with Crippen molar-refractivity contribution in [1.82, 2.24) is 4.31 Å². The van der Waals surface area contributed by atoms with Gasteiger partial charge in [-0.3, -0.25) is 0 Å². The van der Waals surface area contributed by atoms with E-state index in [1.54, 1.807) is 13.8 Å². The molecule has 0 amide bonds. The minimum Gasteiger partial charge on any atom is -0.207 e. The van der Waals surface area contributed by atoms with Gasteiger partial charge in [0.1, 0.15) is 5.82 Å². The van der Waals surface area contributed by atoms with Gasteiger partial charge in [-0.1, -0.05) is 13.0 Å². The van der Waals surface area contributed by atoms with Gasteiger partial charge in [-0.05, 0) is 24.6 Å². The van der Waals surface area contributed by atoms with Crippen LogP contribution >= 0.6 is 11.6 Å². The van der Waals surface area contributed by atoms with Gasteiger partial charge < -0.3 is 0 Å². The summed E-state index contributed by atoms with van der Waals surface area (Å²) < 4.78 is 38.8. The van der Waals surface area contributed by atoms with E-state index < -0.39 is 15.8 Å². The first-order valence-electron chi connectivity index (χ1n) is 5.25. The van der Waals surface area contributed by atoms with Crippen LogP contribution in [0.5, 0.6) is 0 Å². The van der Waals surface area contributed by atoms with Crippen LogP contribution in [0.1, 0.15) is 12.5 Å². The number of rotatable bonds is 5. The van der Waals surface area contributed by atoms with E-state index in [9.17, 15) is 12.8 Å². The summed E-state index contributed by atoms with van der Waals surface area (Å²) in [5, 5.41) is 0. The van der Waals surface area contributed by atoms with Crippen LogP contribution in [-0.2, 0) is 10.0 Å². The monoisotopic (exact) mass is 279 g/mol. The lowest BCUT2D eigenvalue weighted by molar-refractivity contribution is 0.445. The van der Waals surface area contributed by atoms with Crippen LogP contribution in [0, 0.1) is 12.7 Å². The predicted molar refractivity (Wildman–Crippen MR) is 66.3 cm³/mol. The normalized spacial score (nSPS) is 12.1. The van der Waals surface area contributed by atoms with Crippen LogP contribution in [0.15, 0.2) is 23.1 Å². The second-order valence-electron chi connectivity index (χ2n) is 3.60. The number of sulfonamides is 1. The molecule has 0 aromatic heterocycles. The highest BCUT2D eigenvalue weighted by Gasteiger charge is 2.24. The van der Waals surface area contributed by atoms with Crippen molar-refractivity contribution >= 4 is 21.6 Å². The summed E-state index contributed by atoms with van der Waals surface area (Å²) >= 11 is 5.56. The Balaban J connectivity index is 3.24. The van der Waals surface area contributed by atoms with Gasteiger partial charge in [0.25, 0.3) is 0 Å². The Morgan fingerprint density at radius 1 is 1.41 bits per heavy atom. The van der Waals surface area contributed by atoms with Crippen LogP contribution < -0.4 is 0 Å². The number of halogens is 2. The molecule has 0 aliphatic carbocycles. The van der Waals surface area contributed by atoms with Crippen molar-refractivity contribution in [2.45, 2.75) is 18.7 Å². The highest BCUT2D eigenvalue weighted by molar-refractivity contribution is 7.89. The van der Waals surface area contributed by atoms with Gasteiger partial charge in [-0.15, -0.1) is 11.6 Å². The molecular formula is C11H15ClFNO2S. The first kappa shape index (κ1) is 14.4. The molecule has 0 atom stereocenters. The summed E-state index contributed by atoms with van der Waals surface area (Å²) in [7, 11) is -3.66. The summed E-state index contributed by atoms with van der Waals surface area (Å²) in [6.07, 6.45) is 0. The molecule has 0 saturated carbocycles. The highest BCUT2D eigenvalue weighted by atomic mass is 35.5. The van der Waals surface area contributed by atoms with Crippen molar-refractivity contribution in [3.8, 4) is 0 Å². The lowest BCUT2D eigenvalue weighted by Crippen LogP contribution is -2.33. The molecule has 0 N–H and O–H groups in total. The molecule has 0 fully saturated rings. The van der Waals surface area contributed by atoms with E-state index in [2.05, 4.69) is 0 Å². The van der Waals surface area contributed by atoms with Gasteiger partial charge in [0.05, 0.1) is 4.90 Å². The third kappa shape index (κ3) is 3.18. The summed E-state index contributed by atoms with van der Waals surface area (Å²) in [6, 6.07) is 3.74. The van der Waals surface area contributed by atoms with E-state index in [-0.39, 0.29) is 17.3 Å². The number of aryl methyl sites for hydroxylation is 1. The number of benzene rings is 1. The molecule has 1 rings (SSSR count). The zero-order valence-electron chi connectivity index (χ0n) is 9.78. The SMILES string of the molecule is CCN(CCCl)S(=O)(=O)c1cc(F)ccc1C. The molecule has 0 radical (unpaired) electrons. The van der Waals surface area contributed by atoms with Crippen LogP contribution in [0.2, 0.25) is 0 Å². The van der Waals surface area contributed by atoms with Crippen LogP contribution in [-0.4, -0.2) is 31.7 Å². The van der Waals surface area contributed by atoms with Gasteiger partial charge in [-0.2, -0.15) is 4.31 Å². The van der Waals surface area contributed by atoms with Crippen molar-refractivity contribution < 1.29 is 12.8 Å². The number of nitrogens with zero attached hydrogens (tertiary/aromatic N) is 1. The van der Waals surface area contributed by atoms with Gasteiger partial charge in [0.2, 0.25) is 10.0 Å². The van der Waals surface area contributed by atoms with Crippen LogP contribution in [0.25, 0.3) is 0 Å². The Bertz CT molecular complexity index is 490. The van der Waals surface area contributed by atoms with Crippen molar-refractivity contribution in [3.05, 3.63) is 29.6 Å². The summed E-state index contributed by atoms with van der Waals surface area (Å²) in [5.74, 6) is -0.349. The van der Waals surface area contributed by atoms with Crippen molar-refractivity contribution in [3.63, 3.8) is 0 Å². The fourth-order valence-corrected chi connectivity index (χ4v) is 3.52. The van der Waals surface area contributed by atoms with Crippen LogP contribution in [0.3, 0.4) is 0 Å².